The molecule has 2 heterocycles. The molecule has 3 N–H and O–H groups in total. The Morgan fingerprint density at radius 2 is 2.00 bits per heavy atom. The van der Waals surface area contributed by atoms with Crippen LogP contribution in [0.3, 0.4) is 0 Å². The average molecular weight is 212 g/mol. The molecule has 0 aliphatic carbocycles. The number of piperazine rings is 1. The zero-order chi connectivity index (χ0) is 10.7. The number of nitrogens with one attached hydrogen (secondary N) is 1. The lowest BCUT2D eigenvalue weighted by atomic mass is 9.85. The molecule has 0 aromatic carbocycles. The van der Waals surface area contributed by atoms with Crippen molar-refractivity contribution in [1.29, 1.82) is 0 Å². The van der Waals surface area contributed by atoms with Gasteiger partial charge < -0.3 is 16.0 Å². The van der Waals surface area contributed by atoms with Crippen molar-refractivity contribution in [2.45, 2.75) is 18.4 Å². The summed E-state index contributed by atoms with van der Waals surface area (Å²) in [6.45, 7) is 7.78. The lowest BCUT2D eigenvalue weighted by Gasteiger charge is -2.47. The second-order valence-electron chi connectivity index (χ2n) is 5.08. The van der Waals surface area contributed by atoms with Gasteiger partial charge >= 0.3 is 0 Å². The number of nitrogens with zero attached hydrogens (tertiary/aromatic N) is 2. The van der Waals surface area contributed by atoms with Crippen molar-refractivity contribution in [3.8, 4) is 0 Å². The molecule has 0 amide bonds. The summed E-state index contributed by atoms with van der Waals surface area (Å²) in [5.74, 6) is 0. The monoisotopic (exact) mass is 212 g/mol. The largest absolute Gasteiger partial charge is 0.329 e. The molecule has 2 fully saturated rings. The smallest absolute Gasteiger partial charge is 0.0333 e. The molecule has 4 heteroatoms. The zero-order valence-corrected chi connectivity index (χ0v) is 9.84. The van der Waals surface area contributed by atoms with Crippen LogP contribution in [0, 0.1) is 0 Å². The van der Waals surface area contributed by atoms with Gasteiger partial charge in [-0.3, -0.25) is 4.90 Å². The summed E-state index contributed by atoms with van der Waals surface area (Å²) in [6.07, 6.45) is 2.56. The minimum absolute atomic E-state index is 0.389. The number of hydrogen-bond donors (Lipinski definition) is 2. The van der Waals surface area contributed by atoms with Gasteiger partial charge in [0, 0.05) is 38.3 Å². The fourth-order valence-corrected chi connectivity index (χ4v) is 2.80. The Balaban J connectivity index is 1.90. The SMILES string of the molecule is CN1CCC2(CC1)CN(CCN)CCN2. The molecular weight excluding hydrogens is 188 g/mol. The van der Waals surface area contributed by atoms with Gasteiger partial charge in [0.1, 0.15) is 0 Å². The molecule has 0 unspecified atom stereocenters. The van der Waals surface area contributed by atoms with E-state index in [1.807, 2.05) is 0 Å². The summed E-state index contributed by atoms with van der Waals surface area (Å²) in [5, 5.41) is 3.73. The predicted octanol–water partition coefficient (Wildman–Crippen LogP) is -0.685. The standard InChI is InChI=1S/C11H24N4/c1-14-6-2-11(3-7-14)10-15(8-4-12)9-5-13-11/h13H,2-10,12H2,1H3. The molecule has 0 atom stereocenters. The van der Waals surface area contributed by atoms with E-state index in [9.17, 15) is 0 Å². The Bertz CT molecular complexity index is 197. The highest BCUT2D eigenvalue weighted by Gasteiger charge is 2.36. The maximum absolute atomic E-state index is 5.63. The Hall–Kier alpha value is -0.160. The first-order valence-electron chi connectivity index (χ1n) is 6.10. The van der Waals surface area contributed by atoms with Gasteiger partial charge in [0.25, 0.3) is 0 Å². The molecular formula is C11H24N4. The molecule has 88 valence electrons. The van der Waals surface area contributed by atoms with Crippen LogP contribution in [-0.4, -0.2) is 68.2 Å². The molecule has 2 aliphatic rings. The Morgan fingerprint density at radius 3 is 2.67 bits per heavy atom. The lowest BCUT2D eigenvalue weighted by Crippen LogP contribution is -2.64. The van der Waals surface area contributed by atoms with Crippen LogP contribution in [0.5, 0.6) is 0 Å². The highest BCUT2D eigenvalue weighted by molar-refractivity contribution is 4.98. The van der Waals surface area contributed by atoms with Crippen LogP contribution < -0.4 is 11.1 Å². The van der Waals surface area contributed by atoms with E-state index in [4.69, 9.17) is 5.73 Å². The third kappa shape index (κ3) is 2.69. The van der Waals surface area contributed by atoms with Gasteiger partial charge in [-0.25, -0.2) is 0 Å². The summed E-state index contributed by atoms with van der Waals surface area (Å²) in [5.41, 5.74) is 6.02. The summed E-state index contributed by atoms with van der Waals surface area (Å²) in [6, 6.07) is 0. The van der Waals surface area contributed by atoms with Gasteiger partial charge in [-0.2, -0.15) is 0 Å². The van der Waals surface area contributed by atoms with Crippen molar-refractivity contribution in [3.63, 3.8) is 0 Å². The van der Waals surface area contributed by atoms with Crippen LogP contribution in [0.2, 0.25) is 0 Å². The first kappa shape index (κ1) is 11.3. The normalized spacial score (nSPS) is 28.4. The van der Waals surface area contributed by atoms with Crippen molar-refractivity contribution in [1.82, 2.24) is 15.1 Å². The van der Waals surface area contributed by atoms with Crippen molar-refractivity contribution in [3.05, 3.63) is 0 Å². The van der Waals surface area contributed by atoms with E-state index in [0.29, 0.717) is 5.54 Å². The number of piperidine rings is 1. The highest BCUT2D eigenvalue weighted by Crippen LogP contribution is 2.24. The van der Waals surface area contributed by atoms with Crippen LogP contribution in [-0.2, 0) is 0 Å². The van der Waals surface area contributed by atoms with Gasteiger partial charge in [0.15, 0.2) is 0 Å². The minimum Gasteiger partial charge on any atom is -0.329 e. The van der Waals surface area contributed by atoms with Crippen LogP contribution in [0.4, 0.5) is 0 Å². The molecule has 2 rings (SSSR count). The molecule has 15 heavy (non-hydrogen) atoms. The van der Waals surface area contributed by atoms with Crippen molar-refractivity contribution in [2.75, 3.05) is 52.9 Å². The molecule has 4 nitrogen and oxygen atoms in total. The molecule has 0 aromatic heterocycles. The quantitative estimate of drug-likeness (QED) is 0.636. The molecule has 2 aliphatic heterocycles. The minimum atomic E-state index is 0.389. The fourth-order valence-electron chi connectivity index (χ4n) is 2.80. The van der Waals surface area contributed by atoms with Crippen molar-refractivity contribution in [2.24, 2.45) is 5.73 Å². The maximum Gasteiger partial charge on any atom is 0.0333 e. The van der Waals surface area contributed by atoms with Gasteiger partial charge in [-0.05, 0) is 33.0 Å². The van der Waals surface area contributed by atoms with Crippen LogP contribution >= 0.6 is 0 Å². The van der Waals surface area contributed by atoms with Gasteiger partial charge in [0.2, 0.25) is 0 Å². The molecule has 2 saturated heterocycles. The van der Waals surface area contributed by atoms with Crippen molar-refractivity contribution >= 4 is 0 Å². The summed E-state index contributed by atoms with van der Waals surface area (Å²) < 4.78 is 0. The summed E-state index contributed by atoms with van der Waals surface area (Å²) in [7, 11) is 2.22. The van der Waals surface area contributed by atoms with E-state index < -0.39 is 0 Å². The second-order valence-corrected chi connectivity index (χ2v) is 5.08. The van der Waals surface area contributed by atoms with E-state index in [0.717, 1.165) is 26.2 Å². The first-order chi connectivity index (χ1) is 7.24. The molecule has 0 aromatic rings. The maximum atomic E-state index is 5.63. The summed E-state index contributed by atoms with van der Waals surface area (Å²) in [4.78, 5) is 4.94. The number of likely N-dealkylation sites (tertiary alicyclic amines) is 1. The van der Waals surface area contributed by atoms with E-state index in [1.165, 1.54) is 32.5 Å². The van der Waals surface area contributed by atoms with Gasteiger partial charge in [0.05, 0.1) is 0 Å². The van der Waals surface area contributed by atoms with E-state index >= 15 is 0 Å². The molecule has 0 bridgehead atoms. The van der Waals surface area contributed by atoms with E-state index in [2.05, 4.69) is 22.2 Å². The third-order valence-corrected chi connectivity index (χ3v) is 3.84. The predicted molar refractivity (Wildman–Crippen MR) is 63.0 cm³/mol. The Kier molecular flexibility index (Phi) is 3.61. The summed E-state index contributed by atoms with van der Waals surface area (Å²) >= 11 is 0. The van der Waals surface area contributed by atoms with Crippen molar-refractivity contribution < 1.29 is 0 Å². The Morgan fingerprint density at radius 1 is 1.27 bits per heavy atom. The first-order valence-corrected chi connectivity index (χ1v) is 6.10. The van der Waals surface area contributed by atoms with Crippen LogP contribution in [0.15, 0.2) is 0 Å². The Labute approximate surface area is 92.8 Å². The van der Waals surface area contributed by atoms with Gasteiger partial charge in [-0.1, -0.05) is 0 Å². The zero-order valence-electron chi connectivity index (χ0n) is 9.84. The molecule has 0 saturated carbocycles. The molecule has 1 spiro atoms. The second kappa shape index (κ2) is 4.78. The molecule has 0 radical (unpaired) electrons. The average Bonchev–Trinajstić information content (AvgIpc) is 2.24. The fraction of sp³-hybridized carbons (Fsp3) is 1.00. The van der Waals surface area contributed by atoms with Crippen LogP contribution in [0.25, 0.3) is 0 Å². The van der Waals surface area contributed by atoms with E-state index in [-0.39, 0.29) is 0 Å². The lowest BCUT2D eigenvalue weighted by molar-refractivity contribution is 0.0760. The number of rotatable bonds is 2. The highest BCUT2D eigenvalue weighted by atomic mass is 15.2. The third-order valence-electron chi connectivity index (χ3n) is 3.84. The van der Waals surface area contributed by atoms with Gasteiger partial charge in [-0.15, -0.1) is 0 Å². The van der Waals surface area contributed by atoms with Crippen LogP contribution in [0.1, 0.15) is 12.8 Å². The number of hydrogen-bond acceptors (Lipinski definition) is 4. The van der Waals surface area contributed by atoms with E-state index in [1.54, 1.807) is 0 Å². The topological polar surface area (TPSA) is 44.5 Å². The number of nitrogens with two attached hydrogens (primary N) is 1.